The first-order valence-corrected chi connectivity index (χ1v) is 8.54. The van der Waals surface area contributed by atoms with E-state index in [0.29, 0.717) is 11.3 Å². The summed E-state index contributed by atoms with van der Waals surface area (Å²) in [7, 11) is -1.66. The van der Waals surface area contributed by atoms with Crippen LogP contribution in [0.5, 0.6) is 11.5 Å². The number of aromatic hydroxyl groups is 1. The molecule has 0 aliphatic carbocycles. The van der Waals surface area contributed by atoms with Gasteiger partial charge in [-0.1, -0.05) is 6.07 Å². The van der Waals surface area contributed by atoms with Crippen molar-refractivity contribution < 1.29 is 38.2 Å². The van der Waals surface area contributed by atoms with Crippen LogP contribution >= 0.6 is 0 Å². The molecule has 1 amide bonds. The zero-order chi connectivity index (χ0) is 21.1. The number of nitrogens with one attached hydrogen (secondary N) is 1. The van der Waals surface area contributed by atoms with Crippen molar-refractivity contribution in [2.75, 3.05) is 5.32 Å². The molecule has 0 atom stereocenters. The molecule has 2 N–H and O–H groups in total. The largest absolute Gasteiger partial charge is 0.868 e. The highest BCUT2D eigenvalue weighted by Crippen LogP contribution is 2.29. The van der Waals surface area contributed by atoms with Crippen molar-refractivity contribution in [3.63, 3.8) is 0 Å². The van der Waals surface area contributed by atoms with E-state index < -0.39 is 19.3 Å². The topological polar surface area (TPSA) is 128 Å². The molecule has 0 bridgehead atoms. The monoisotopic (exact) mass is 397 g/mol. The number of benzene rings is 2. The number of amides is 1. The van der Waals surface area contributed by atoms with Crippen molar-refractivity contribution in [3.8, 4) is 11.5 Å². The Morgan fingerprint density at radius 1 is 1.10 bits per heavy atom. The van der Waals surface area contributed by atoms with Gasteiger partial charge in [-0.3, -0.25) is 9.59 Å². The Morgan fingerprint density at radius 2 is 1.86 bits per heavy atom. The predicted octanol–water partition coefficient (Wildman–Crippen LogP) is 1.87. The Morgan fingerprint density at radius 3 is 2.55 bits per heavy atom. The van der Waals surface area contributed by atoms with Gasteiger partial charge in [0.1, 0.15) is 28.4 Å². The van der Waals surface area contributed by atoms with Gasteiger partial charge in [0.15, 0.2) is 0 Å². The van der Waals surface area contributed by atoms with E-state index in [1.165, 1.54) is 50.2 Å². The summed E-state index contributed by atoms with van der Waals surface area (Å²) in [4.78, 5) is 47.0. The minimum atomic E-state index is -1.66. The molecule has 29 heavy (non-hydrogen) atoms. The molecule has 2 aromatic rings. The second-order valence-corrected chi connectivity index (χ2v) is 6.34. The Bertz CT molecular complexity index is 1020. The van der Waals surface area contributed by atoms with Crippen molar-refractivity contribution >= 4 is 36.6 Å². The number of hydrogen-bond donors (Lipinski definition) is 2. The molecule has 1 heterocycles. The Kier molecular flexibility index (Phi) is 5.53. The van der Waals surface area contributed by atoms with E-state index in [4.69, 9.17) is 14.0 Å². The summed E-state index contributed by atoms with van der Waals surface area (Å²) in [6, 6.07) is 8.39. The quantitative estimate of drug-likeness (QED) is 0.732. The van der Waals surface area contributed by atoms with Crippen LogP contribution < -0.4 is 9.97 Å². The number of anilines is 1. The van der Waals surface area contributed by atoms with E-state index in [0.717, 1.165) is 0 Å². The van der Waals surface area contributed by atoms with Crippen molar-refractivity contribution in [3.05, 3.63) is 53.1 Å². The summed E-state index contributed by atoms with van der Waals surface area (Å²) in [6.45, 7) is 2.72. The lowest BCUT2D eigenvalue weighted by atomic mass is 10.0. The summed E-state index contributed by atoms with van der Waals surface area (Å²) < 4.78 is 15.3. The lowest BCUT2D eigenvalue weighted by Gasteiger charge is -2.21. The second-order valence-electron chi connectivity index (χ2n) is 6.34. The molecule has 0 saturated heterocycles. The molecule has 1 aliphatic heterocycles. The van der Waals surface area contributed by atoms with Gasteiger partial charge in [0, 0.05) is 19.0 Å². The van der Waals surface area contributed by atoms with Gasteiger partial charge >= 0.3 is 19.3 Å². The maximum absolute atomic E-state index is 12.4. The molecule has 0 unspecified atom stereocenters. The van der Waals surface area contributed by atoms with E-state index in [9.17, 15) is 24.3 Å². The molecule has 0 saturated carbocycles. The van der Waals surface area contributed by atoms with E-state index in [2.05, 4.69) is 5.32 Å². The maximum atomic E-state index is 12.4. The molecule has 148 valence electrons. The first-order chi connectivity index (χ1) is 13.7. The Hall–Kier alpha value is -3.82. The third-order valence-corrected chi connectivity index (χ3v) is 3.88. The molecule has 2 aromatic carbocycles. The zero-order valence-corrected chi connectivity index (χ0v) is 15.6. The van der Waals surface area contributed by atoms with Crippen LogP contribution in [0.25, 0.3) is 0 Å². The highest BCUT2D eigenvalue weighted by atomic mass is 16.8. The van der Waals surface area contributed by atoms with Gasteiger partial charge in [0.25, 0.3) is 0 Å². The molecule has 10 heteroatoms. The fourth-order valence-electron chi connectivity index (χ4n) is 2.69. The second kappa shape index (κ2) is 8.05. The van der Waals surface area contributed by atoms with Gasteiger partial charge in [-0.25, -0.2) is 9.59 Å². The van der Waals surface area contributed by atoms with Crippen LogP contribution in [0.1, 0.15) is 40.1 Å². The van der Waals surface area contributed by atoms with Gasteiger partial charge < -0.3 is 24.4 Å². The summed E-state index contributed by atoms with van der Waals surface area (Å²) in [5.74, 6) is -2.49. The van der Waals surface area contributed by atoms with E-state index in [1.54, 1.807) is 0 Å². The molecule has 9 nitrogen and oxygen atoms in total. The molecule has 1 aliphatic rings. The molecular formula is C19H16BNO8. The normalized spacial score (nSPS) is 12.3. The smallest absolute Gasteiger partial charge is 0.507 e. The number of phenols is 1. The third-order valence-electron chi connectivity index (χ3n) is 3.88. The van der Waals surface area contributed by atoms with E-state index in [-0.39, 0.29) is 40.7 Å². The highest BCUT2D eigenvalue weighted by Gasteiger charge is 2.41. The van der Waals surface area contributed by atoms with Crippen LogP contribution in [0.3, 0.4) is 0 Å². The van der Waals surface area contributed by atoms with E-state index in [1.807, 2.05) is 0 Å². The fourth-order valence-corrected chi connectivity index (χ4v) is 2.69. The number of rotatable bonds is 5. The van der Waals surface area contributed by atoms with Crippen LogP contribution in [-0.2, 0) is 25.3 Å². The molecule has 0 radical (unpaired) electrons. The SMILES string of the molecule is CC(=O)Cc1ccc(O)c(C(=O)OB2OC(=O)c3cc(NC(C)=O)ccc3O2)c1. The number of hydrogen-bond acceptors (Lipinski definition) is 8. The minimum absolute atomic E-state index is 0.0508. The maximum Gasteiger partial charge on any atom is 0.868 e. The van der Waals surface area contributed by atoms with E-state index >= 15 is 0 Å². The van der Waals surface area contributed by atoms with Crippen molar-refractivity contribution in [1.82, 2.24) is 0 Å². The Labute approximate surface area is 165 Å². The summed E-state index contributed by atoms with van der Waals surface area (Å²) in [6.07, 6.45) is 0.0828. The molecule has 3 rings (SSSR count). The van der Waals surface area contributed by atoms with Gasteiger partial charge in [0.2, 0.25) is 5.91 Å². The molecular weight excluding hydrogens is 381 g/mol. The highest BCUT2D eigenvalue weighted by molar-refractivity contribution is 6.45. The molecule has 0 aromatic heterocycles. The standard InChI is InChI=1S/C19H16BNO8/c1-10(22)7-12-3-5-16(24)14(8-12)18(25)28-20-27-17-6-4-13(21-11(2)23)9-15(17)19(26)29-20/h3-6,8-9,24H,7H2,1-2H3,(H,21,23). The summed E-state index contributed by atoms with van der Waals surface area (Å²) in [5.41, 5.74) is 0.740. The zero-order valence-electron chi connectivity index (χ0n) is 15.6. The fraction of sp³-hybridized carbons (Fsp3) is 0.158. The lowest BCUT2D eigenvalue weighted by molar-refractivity contribution is -0.116. The minimum Gasteiger partial charge on any atom is -0.507 e. The molecule has 0 fully saturated rings. The first kappa shape index (κ1) is 19.9. The van der Waals surface area contributed by atoms with Gasteiger partial charge in [0.05, 0.1) is 0 Å². The average Bonchev–Trinajstić information content (AvgIpc) is 2.63. The lowest BCUT2D eigenvalue weighted by Crippen LogP contribution is -2.39. The van der Waals surface area contributed by atoms with Crippen molar-refractivity contribution in [2.45, 2.75) is 20.3 Å². The predicted molar refractivity (Wildman–Crippen MR) is 100 cm³/mol. The molecule has 0 spiro atoms. The first-order valence-electron chi connectivity index (χ1n) is 8.54. The number of phenolic OH excluding ortho intramolecular Hbond substituents is 1. The van der Waals surface area contributed by atoms with Crippen LogP contribution in [0, 0.1) is 0 Å². The van der Waals surface area contributed by atoms with Crippen molar-refractivity contribution in [1.29, 1.82) is 0 Å². The van der Waals surface area contributed by atoms with Crippen LogP contribution in [-0.4, -0.2) is 36.1 Å². The van der Waals surface area contributed by atoms with Crippen LogP contribution in [0.2, 0.25) is 0 Å². The number of ketones is 1. The Balaban J connectivity index is 1.75. The van der Waals surface area contributed by atoms with Crippen molar-refractivity contribution in [2.24, 2.45) is 0 Å². The van der Waals surface area contributed by atoms with Gasteiger partial charge in [-0.05, 0) is 42.8 Å². The van der Waals surface area contributed by atoms with Crippen LogP contribution in [0.4, 0.5) is 5.69 Å². The van der Waals surface area contributed by atoms with Crippen LogP contribution in [0.15, 0.2) is 36.4 Å². The third kappa shape index (κ3) is 4.73. The average molecular weight is 397 g/mol. The summed E-state index contributed by atoms with van der Waals surface area (Å²) >= 11 is 0. The number of Topliss-reactive ketones (excluding diaryl/α,β-unsaturated/α-hetero) is 1. The number of carbonyl (C=O) groups is 4. The summed E-state index contributed by atoms with van der Waals surface area (Å²) in [5, 5.41) is 12.4. The number of fused-ring (bicyclic) bond motifs is 1. The number of carbonyl (C=O) groups excluding carboxylic acids is 4. The van der Waals surface area contributed by atoms with Gasteiger partial charge in [-0.2, -0.15) is 0 Å². The van der Waals surface area contributed by atoms with Gasteiger partial charge in [-0.15, -0.1) is 0 Å².